The summed E-state index contributed by atoms with van der Waals surface area (Å²) in [6.45, 7) is 3.60. The molecular weight excluding hydrogens is 387 g/mol. The van der Waals surface area contributed by atoms with Crippen LogP contribution < -0.4 is 0 Å². The van der Waals surface area contributed by atoms with E-state index in [0.29, 0.717) is 0 Å². The van der Waals surface area contributed by atoms with E-state index in [1.54, 1.807) is 0 Å². The Morgan fingerprint density at radius 3 is 1.43 bits per heavy atom. The summed E-state index contributed by atoms with van der Waals surface area (Å²) in [5.41, 5.74) is 0. The smallest absolute Gasteiger partial charge is 0.360 e. The number of hydrogen-bond donors (Lipinski definition) is 0. The Morgan fingerprint density at radius 2 is 0.964 bits per heavy atom. The van der Waals surface area contributed by atoms with Crippen LogP contribution in [0.3, 0.4) is 0 Å². The van der Waals surface area contributed by atoms with Gasteiger partial charge in [-0.25, -0.2) is 0 Å². The summed E-state index contributed by atoms with van der Waals surface area (Å²) in [7, 11) is 0. The fourth-order valence-corrected chi connectivity index (χ4v) is 3.65. The monoisotopic (exact) mass is 426 g/mol. The SMILES string of the molecule is C1CCC2=NCCCN2CC1.[CH]1[CH]CC[CH][CH]CC1.[CH]1[CH]CC[CH][CH]CC1.[Ni+2]. The van der Waals surface area contributed by atoms with Gasteiger partial charge < -0.3 is 4.90 Å². The molecule has 2 nitrogen and oxygen atoms in total. The minimum Gasteiger partial charge on any atom is -0.360 e. The van der Waals surface area contributed by atoms with Crippen LogP contribution in [0.25, 0.3) is 0 Å². The molecule has 0 atom stereocenters. The third-order valence-electron chi connectivity index (χ3n) is 5.24. The van der Waals surface area contributed by atoms with Crippen molar-refractivity contribution in [2.45, 2.75) is 83.5 Å². The Bertz CT molecular complexity index is 306. The molecule has 0 unspecified atom stereocenters. The topological polar surface area (TPSA) is 15.6 Å². The van der Waals surface area contributed by atoms with E-state index in [-0.39, 0.29) is 16.5 Å². The quantitative estimate of drug-likeness (QED) is 0.408. The van der Waals surface area contributed by atoms with E-state index in [0.717, 1.165) is 6.54 Å². The third-order valence-corrected chi connectivity index (χ3v) is 5.24. The van der Waals surface area contributed by atoms with E-state index in [2.05, 4.69) is 61.3 Å². The third kappa shape index (κ3) is 13.2. The Morgan fingerprint density at radius 1 is 0.536 bits per heavy atom. The predicted molar refractivity (Wildman–Crippen MR) is 118 cm³/mol. The number of amidine groups is 1. The molecule has 1 saturated heterocycles. The fourth-order valence-electron chi connectivity index (χ4n) is 3.65. The van der Waals surface area contributed by atoms with Gasteiger partial charge in [-0.1, -0.05) is 6.42 Å². The van der Waals surface area contributed by atoms with E-state index in [4.69, 9.17) is 0 Å². The second-order valence-electron chi connectivity index (χ2n) is 7.64. The first-order chi connectivity index (χ1) is 13.5. The van der Waals surface area contributed by atoms with E-state index in [9.17, 15) is 0 Å². The van der Waals surface area contributed by atoms with Gasteiger partial charge in [0.25, 0.3) is 0 Å². The number of aliphatic imine (C=N–C) groups is 1. The van der Waals surface area contributed by atoms with Gasteiger partial charge in [-0.05, 0) is 122 Å². The Kier molecular flexibility index (Phi) is 17.6. The molecule has 2 aliphatic carbocycles. The molecule has 28 heavy (non-hydrogen) atoms. The van der Waals surface area contributed by atoms with Crippen molar-refractivity contribution in [1.82, 2.24) is 4.90 Å². The van der Waals surface area contributed by atoms with Gasteiger partial charge >= 0.3 is 16.5 Å². The summed E-state index contributed by atoms with van der Waals surface area (Å²) in [5, 5.41) is 0. The van der Waals surface area contributed by atoms with E-state index in [1.807, 2.05) is 0 Å². The first-order valence-corrected chi connectivity index (χ1v) is 11.3. The van der Waals surface area contributed by atoms with Gasteiger partial charge in [-0.3, -0.25) is 4.99 Å². The first-order valence-electron chi connectivity index (χ1n) is 11.3. The van der Waals surface area contributed by atoms with Gasteiger partial charge in [0.2, 0.25) is 0 Å². The molecule has 158 valence electrons. The van der Waals surface area contributed by atoms with Crippen molar-refractivity contribution in [2.24, 2.45) is 4.99 Å². The normalized spacial score (nSPS) is 23.7. The zero-order valence-electron chi connectivity index (χ0n) is 17.6. The van der Waals surface area contributed by atoms with Crippen molar-refractivity contribution >= 4 is 5.84 Å². The van der Waals surface area contributed by atoms with Crippen LogP contribution >= 0.6 is 0 Å². The summed E-state index contributed by atoms with van der Waals surface area (Å²) in [4.78, 5) is 7.04. The zero-order valence-corrected chi connectivity index (χ0v) is 18.6. The molecule has 0 aromatic heterocycles. The first kappa shape index (κ1) is 26.0. The molecule has 2 aliphatic heterocycles. The Balaban J connectivity index is 0.000000211. The van der Waals surface area contributed by atoms with Crippen molar-refractivity contribution in [1.29, 1.82) is 0 Å². The second-order valence-corrected chi connectivity index (χ2v) is 7.64. The van der Waals surface area contributed by atoms with Crippen LogP contribution in [-0.4, -0.2) is 30.4 Å². The Labute approximate surface area is 186 Å². The van der Waals surface area contributed by atoms with Crippen molar-refractivity contribution in [3.8, 4) is 0 Å². The zero-order chi connectivity index (χ0) is 18.8. The molecule has 3 heteroatoms. The van der Waals surface area contributed by atoms with Gasteiger partial charge in [-0.15, -0.1) is 0 Å². The van der Waals surface area contributed by atoms with Crippen LogP contribution in [0.4, 0.5) is 0 Å². The summed E-state index contributed by atoms with van der Waals surface area (Å²) >= 11 is 0. The van der Waals surface area contributed by atoms with Crippen LogP contribution in [0, 0.1) is 51.4 Å². The minimum absolute atomic E-state index is 0. The van der Waals surface area contributed by atoms with Crippen LogP contribution in [0.5, 0.6) is 0 Å². The molecule has 0 aromatic rings. The van der Waals surface area contributed by atoms with E-state index >= 15 is 0 Å². The van der Waals surface area contributed by atoms with Crippen molar-refractivity contribution in [2.75, 3.05) is 19.6 Å². The molecule has 4 rings (SSSR count). The second kappa shape index (κ2) is 19.0. The van der Waals surface area contributed by atoms with Gasteiger partial charge in [0, 0.05) is 26.1 Å². The maximum Gasteiger partial charge on any atom is 2.00 e. The van der Waals surface area contributed by atoms with Crippen molar-refractivity contribution < 1.29 is 16.5 Å². The van der Waals surface area contributed by atoms with E-state index < -0.39 is 0 Å². The number of nitrogens with zero attached hydrogens (tertiary/aromatic N) is 2. The average molecular weight is 427 g/mol. The minimum atomic E-state index is 0. The summed E-state index contributed by atoms with van der Waals surface area (Å²) in [5.74, 6) is 1.40. The molecule has 0 N–H and O–H groups in total. The van der Waals surface area contributed by atoms with Crippen LogP contribution in [0.1, 0.15) is 83.5 Å². The maximum atomic E-state index is 4.55. The molecule has 8 radical (unpaired) electrons. The molecule has 0 aromatic carbocycles. The number of hydrogen-bond acceptors (Lipinski definition) is 2. The fraction of sp³-hybridized carbons (Fsp3) is 0.640. The van der Waals surface area contributed by atoms with Gasteiger partial charge in [0.1, 0.15) is 0 Å². The largest absolute Gasteiger partial charge is 2.00 e. The van der Waals surface area contributed by atoms with Gasteiger partial charge in [0.05, 0.1) is 5.84 Å². The van der Waals surface area contributed by atoms with Gasteiger partial charge in [0.15, 0.2) is 0 Å². The number of rotatable bonds is 0. The van der Waals surface area contributed by atoms with Crippen molar-refractivity contribution in [3.63, 3.8) is 0 Å². The van der Waals surface area contributed by atoms with Crippen LogP contribution in [0.15, 0.2) is 4.99 Å². The van der Waals surface area contributed by atoms with Crippen LogP contribution in [-0.2, 0) is 16.5 Å². The van der Waals surface area contributed by atoms with Gasteiger partial charge in [-0.2, -0.15) is 0 Å². The molecule has 2 heterocycles. The molecular formula is C25H40N2Ni+2. The summed E-state index contributed by atoms with van der Waals surface area (Å²) in [6.07, 6.45) is 34.6. The van der Waals surface area contributed by atoms with E-state index in [1.165, 1.54) is 102 Å². The Hall–Kier alpha value is -0.0365. The summed E-state index contributed by atoms with van der Waals surface area (Å²) < 4.78 is 0. The molecule has 2 saturated carbocycles. The molecule has 4 aliphatic rings. The van der Waals surface area contributed by atoms with Crippen LogP contribution in [0.2, 0.25) is 0 Å². The summed E-state index contributed by atoms with van der Waals surface area (Å²) in [6, 6.07) is 0. The maximum absolute atomic E-state index is 4.55. The average Bonchev–Trinajstić information content (AvgIpc) is 2.87. The predicted octanol–water partition coefficient (Wildman–Crippen LogP) is 6.42. The molecule has 0 spiro atoms. The molecule has 3 fully saturated rings. The number of fused-ring (bicyclic) bond motifs is 1. The molecule has 0 bridgehead atoms. The standard InChI is InChI=1S/C9H16N2.2C8H12.Ni/c1-2-5-9-10-6-4-8-11(9)7-3-1;2*1-2-4-6-8-7-5-3-1;/h1-8H2;2*1-2,7-8H,3-6H2;/q;;;+2. The van der Waals surface area contributed by atoms with Crippen molar-refractivity contribution in [3.05, 3.63) is 51.4 Å². The molecule has 0 amide bonds.